The number of piperidine rings is 1. The number of rotatable bonds is 5. The molecule has 2 heterocycles. The standard InChI is InChI=1S/C17H21N5O3/c1-12-7-9-21(10-8-12)17-15(22(23)24)16(18-11-19-17)20-13-3-5-14(25-2)6-4-13/h3-6,11-12H,7-10H2,1-2H3,(H,18,19,20). The van der Waals surface area contributed by atoms with Crippen molar-refractivity contribution in [3.05, 3.63) is 40.7 Å². The minimum atomic E-state index is -0.417. The third kappa shape index (κ3) is 3.78. The van der Waals surface area contributed by atoms with Crippen LogP contribution in [0.5, 0.6) is 5.75 Å². The van der Waals surface area contributed by atoms with E-state index in [1.807, 2.05) is 4.90 Å². The van der Waals surface area contributed by atoms with E-state index in [1.165, 1.54) is 6.33 Å². The predicted octanol–water partition coefficient (Wildman–Crippen LogP) is 3.37. The molecule has 1 N–H and O–H groups in total. The highest BCUT2D eigenvalue weighted by Crippen LogP contribution is 2.35. The molecule has 0 atom stereocenters. The second kappa shape index (κ2) is 7.33. The van der Waals surface area contributed by atoms with Crippen molar-refractivity contribution < 1.29 is 9.66 Å². The van der Waals surface area contributed by atoms with Gasteiger partial charge in [0.05, 0.1) is 12.0 Å². The van der Waals surface area contributed by atoms with Crippen molar-refractivity contribution in [2.75, 3.05) is 30.4 Å². The number of methoxy groups -OCH3 is 1. The molecular weight excluding hydrogens is 322 g/mol. The van der Waals surface area contributed by atoms with Crippen molar-refractivity contribution in [2.45, 2.75) is 19.8 Å². The Bertz CT molecular complexity index is 742. The molecule has 1 aromatic carbocycles. The summed E-state index contributed by atoms with van der Waals surface area (Å²) in [6, 6.07) is 7.13. The lowest BCUT2D eigenvalue weighted by Crippen LogP contribution is -2.34. The van der Waals surface area contributed by atoms with Crippen LogP contribution in [0.25, 0.3) is 0 Å². The number of hydrogen-bond donors (Lipinski definition) is 1. The molecule has 0 amide bonds. The van der Waals surface area contributed by atoms with Crippen molar-refractivity contribution in [1.29, 1.82) is 0 Å². The molecule has 2 aromatic rings. The van der Waals surface area contributed by atoms with Gasteiger partial charge in [0.2, 0.25) is 11.6 Å². The maximum atomic E-state index is 11.7. The highest BCUT2D eigenvalue weighted by molar-refractivity contribution is 5.74. The largest absolute Gasteiger partial charge is 0.497 e. The Morgan fingerprint density at radius 3 is 2.52 bits per heavy atom. The monoisotopic (exact) mass is 343 g/mol. The second-order valence-corrected chi connectivity index (χ2v) is 6.17. The topological polar surface area (TPSA) is 93.4 Å². The number of hydrogen-bond acceptors (Lipinski definition) is 7. The van der Waals surface area contributed by atoms with Crippen LogP contribution >= 0.6 is 0 Å². The van der Waals surface area contributed by atoms with Crippen LogP contribution in [-0.2, 0) is 0 Å². The molecule has 1 fully saturated rings. The van der Waals surface area contributed by atoms with Gasteiger partial charge in [0.1, 0.15) is 12.1 Å². The summed E-state index contributed by atoms with van der Waals surface area (Å²) in [5.74, 6) is 1.92. The van der Waals surface area contributed by atoms with E-state index in [-0.39, 0.29) is 11.5 Å². The molecule has 0 bridgehead atoms. The van der Waals surface area contributed by atoms with Crippen LogP contribution < -0.4 is 15.0 Å². The molecule has 1 aliphatic heterocycles. The molecule has 8 nitrogen and oxygen atoms in total. The Kier molecular flexibility index (Phi) is 4.97. The van der Waals surface area contributed by atoms with Gasteiger partial charge in [-0.1, -0.05) is 6.92 Å². The summed E-state index contributed by atoms with van der Waals surface area (Å²) in [4.78, 5) is 21.5. The Hall–Kier alpha value is -2.90. The summed E-state index contributed by atoms with van der Waals surface area (Å²) in [6.45, 7) is 3.73. The maximum absolute atomic E-state index is 11.7. The number of nitrogens with zero attached hydrogens (tertiary/aromatic N) is 4. The highest BCUT2D eigenvalue weighted by atomic mass is 16.6. The molecule has 0 spiro atoms. The fourth-order valence-corrected chi connectivity index (χ4v) is 2.89. The van der Waals surface area contributed by atoms with Crippen LogP contribution in [-0.4, -0.2) is 35.1 Å². The summed E-state index contributed by atoms with van der Waals surface area (Å²) in [5.41, 5.74) is 0.605. The minimum absolute atomic E-state index is 0.0899. The van der Waals surface area contributed by atoms with Crippen molar-refractivity contribution >= 4 is 23.0 Å². The first-order valence-electron chi connectivity index (χ1n) is 8.24. The Balaban J connectivity index is 1.90. The van der Waals surface area contributed by atoms with E-state index >= 15 is 0 Å². The van der Waals surface area contributed by atoms with Crippen LogP contribution in [0, 0.1) is 16.0 Å². The molecular formula is C17H21N5O3. The number of benzene rings is 1. The SMILES string of the molecule is COc1ccc(Nc2ncnc(N3CCC(C)CC3)c2[N+](=O)[O-])cc1. The molecule has 1 saturated heterocycles. The maximum Gasteiger partial charge on any atom is 0.353 e. The van der Waals surface area contributed by atoms with E-state index in [0.717, 1.165) is 25.9 Å². The van der Waals surface area contributed by atoms with Crippen LogP contribution in [0.2, 0.25) is 0 Å². The van der Waals surface area contributed by atoms with Gasteiger partial charge >= 0.3 is 5.69 Å². The average molecular weight is 343 g/mol. The summed E-state index contributed by atoms with van der Waals surface area (Å²) < 4.78 is 5.12. The first kappa shape index (κ1) is 16.9. The van der Waals surface area contributed by atoms with Crippen LogP contribution in [0.3, 0.4) is 0 Å². The van der Waals surface area contributed by atoms with E-state index in [2.05, 4.69) is 22.2 Å². The molecule has 0 saturated carbocycles. The van der Waals surface area contributed by atoms with E-state index in [9.17, 15) is 10.1 Å². The van der Waals surface area contributed by atoms with Gasteiger partial charge in [-0.05, 0) is 43.0 Å². The summed E-state index contributed by atoms with van der Waals surface area (Å²) in [7, 11) is 1.59. The Morgan fingerprint density at radius 1 is 1.24 bits per heavy atom. The van der Waals surface area contributed by atoms with Gasteiger partial charge in [0.15, 0.2) is 0 Å². The zero-order valence-electron chi connectivity index (χ0n) is 14.3. The summed E-state index contributed by atoms with van der Waals surface area (Å²) >= 11 is 0. The number of ether oxygens (including phenoxy) is 1. The molecule has 8 heteroatoms. The number of nitrogens with one attached hydrogen (secondary N) is 1. The lowest BCUT2D eigenvalue weighted by atomic mass is 9.99. The number of anilines is 3. The van der Waals surface area contributed by atoms with Gasteiger partial charge in [-0.3, -0.25) is 10.1 Å². The van der Waals surface area contributed by atoms with E-state index in [0.29, 0.717) is 23.2 Å². The second-order valence-electron chi connectivity index (χ2n) is 6.17. The fourth-order valence-electron chi connectivity index (χ4n) is 2.89. The van der Waals surface area contributed by atoms with Crippen LogP contribution in [0.1, 0.15) is 19.8 Å². The van der Waals surface area contributed by atoms with Gasteiger partial charge in [0.25, 0.3) is 0 Å². The number of nitro groups is 1. The zero-order valence-corrected chi connectivity index (χ0v) is 14.3. The first-order chi connectivity index (χ1) is 12.1. The van der Waals surface area contributed by atoms with Crippen molar-refractivity contribution in [2.24, 2.45) is 5.92 Å². The average Bonchev–Trinajstić information content (AvgIpc) is 2.62. The van der Waals surface area contributed by atoms with E-state index in [1.54, 1.807) is 31.4 Å². The molecule has 0 unspecified atom stereocenters. The Labute approximate surface area is 146 Å². The van der Waals surface area contributed by atoms with Gasteiger partial charge in [-0.2, -0.15) is 0 Å². The van der Waals surface area contributed by atoms with Crippen molar-refractivity contribution in [3.63, 3.8) is 0 Å². The minimum Gasteiger partial charge on any atom is -0.497 e. The molecule has 0 aliphatic carbocycles. The third-order valence-corrected chi connectivity index (χ3v) is 4.42. The molecule has 1 aromatic heterocycles. The van der Waals surface area contributed by atoms with E-state index < -0.39 is 4.92 Å². The van der Waals surface area contributed by atoms with Crippen molar-refractivity contribution in [3.8, 4) is 5.75 Å². The Morgan fingerprint density at radius 2 is 1.92 bits per heavy atom. The predicted molar refractivity (Wildman–Crippen MR) is 95.6 cm³/mol. The molecule has 1 aliphatic rings. The normalized spacial score (nSPS) is 15.0. The quantitative estimate of drug-likeness (QED) is 0.657. The van der Waals surface area contributed by atoms with Gasteiger partial charge in [-0.15, -0.1) is 0 Å². The lowest BCUT2D eigenvalue weighted by molar-refractivity contribution is -0.383. The fraction of sp³-hybridized carbons (Fsp3) is 0.412. The first-order valence-corrected chi connectivity index (χ1v) is 8.24. The summed E-state index contributed by atoms with van der Waals surface area (Å²) in [6.07, 6.45) is 3.37. The highest BCUT2D eigenvalue weighted by Gasteiger charge is 2.29. The van der Waals surface area contributed by atoms with Gasteiger partial charge < -0.3 is 15.0 Å². The third-order valence-electron chi connectivity index (χ3n) is 4.42. The van der Waals surface area contributed by atoms with Gasteiger partial charge in [0, 0.05) is 18.8 Å². The van der Waals surface area contributed by atoms with Crippen LogP contribution in [0.15, 0.2) is 30.6 Å². The van der Waals surface area contributed by atoms with Crippen LogP contribution in [0.4, 0.5) is 23.0 Å². The number of aromatic nitrogens is 2. The molecule has 132 valence electrons. The van der Waals surface area contributed by atoms with E-state index in [4.69, 9.17) is 4.74 Å². The molecule has 0 radical (unpaired) electrons. The smallest absolute Gasteiger partial charge is 0.353 e. The summed E-state index contributed by atoms with van der Waals surface area (Å²) in [5, 5.41) is 14.7. The molecule has 3 rings (SSSR count). The molecule has 25 heavy (non-hydrogen) atoms. The lowest BCUT2D eigenvalue weighted by Gasteiger charge is -2.30. The van der Waals surface area contributed by atoms with Gasteiger partial charge in [-0.25, -0.2) is 9.97 Å². The zero-order chi connectivity index (χ0) is 17.8. The van der Waals surface area contributed by atoms with Crippen molar-refractivity contribution in [1.82, 2.24) is 9.97 Å².